The van der Waals surface area contributed by atoms with Gasteiger partial charge in [-0.15, -0.1) is 0 Å². The summed E-state index contributed by atoms with van der Waals surface area (Å²) in [5, 5.41) is 17.4. The molecular formula is C88H188O4. The number of rotatable bonds is 58. The summed E-state index contributed by atoms with van der Waals surface area (Å²) < 4.78 is 0. The zero-order valence-corrected chi connectivity index (χ0v) is 67.9. The number of carboxylic acid groups (broad SMARTS) is 2. The van der Waals surface area contributed by atoms with Gasteiger partial charge in [-0.05, 0) is 12.8 Å². The molecule has 0 aromatic rings. The van der Waals surface area contributed by atoms with Crippen LogP contribution in [0.4, 0.5) is 0 Å². The van der Waals surface area contributed by atoms with E-state index in [0.29, 0.717) is 12.8 Å². The summed E-state index contributed by atoms with van der Waals surface area (Å²) in [6, 6.07) is 0. The molecule has 1 aliphatic rings. The molecule has 0 amide bonds. The van der Waals surface area contributed by atoms with Gasteiger partial charge in [-0.3, -0.25) is 9.59 Å². The Morgan fingerprint density at radius 1 is 0.174 bits per heavy atom. The summed E-state index contributed by atoms with van der Waals surface area (Å²) in [5.41, 5.74) is 0. The van der Waals surface area contributed by atoms with E-state index in [2.05, 4.69) is 111 Å². The summed E-state index contributed by atoms with van der Waals surface area (Å²) in [7, 11) is 0. The van der Waals surface area contributed by atoms with Crippen LogP contribution >= 0.6 is 0 Å². The van der Waals surface area contributed by atoms with E-state index in [1.54, 1.807) is 0 Å². The van der Waals surface area contributed by atoms with Crippen molar-refractivity contribution < 1.29 is 19.8 Å². The lowest BCUT2D eigenvalue weighted by Crippen LogP contribution is -2.32. The highest BCUT2D eigenvalue weighted by molar-refractivity contribution is 5.80. The lowest BCUT2D eigenvalue weighted by Gasteiger charge is -2.24. The fraction of sp³-hybridized carbons (Fsp3) is 0.977. The number of unbranched alkanes of at least 4 members (excludes halogenated alkanes) is 56. The molecule has 92 heavy (non-hydrogen) atoms. The highest BCUT2D eigenvalue weighted by Gasteiger charge is 2.35. The van der Waals surface area contributed by atoms with Gasteiger partial charge in [0.15, 0.2) is 0 Å². The fourth-order valence-corrected chi connectivity index (χ4v) is 11.4. The molecule has 0 bridgehead atoms. The van der Waals surface area contributed by atoms with Crippen LogP contribution in [0.2, 0.25) is 0 Å². The van der Waals surface area contributed by atoms with Crippen molar-refractivity contribution in [3.63, 3.8) is 0 Å². The molecule has 2 unspecified atom stereocenters. The topological polar surface area (TPSA) is 74.6 Å². The molecule has 2 N–H and O–H groups in total. The molecule has 0 heterocycles. The number of carboxylic acids is 2. The molecule has 0 radical (unpaired) electrons. The van der Waals surface area contributed by atoms with Crippen LogP contribution in [0.1, 0.15) is 547 Å². The van der Waals surface area contributed by atoms with Gasteiger partial charge < -0.3 is 10.2 Å². The Morgan fingerprint density at radius 3 is 0.315 bits per heavy atom. The van der Waals surface area contributed by atoms with E-state index in [9.17, 15) is 9.59 Å². The van der Waals surface area contributed by atoms with E-state index in [4.69, 9.17) is 10.2 Å². The third-order valence-corrected chi connectivity index (χ3v) is 18.1. The molecule has 4 heteroatoms. The van der Waals surface area contributed by atoms with Crippen molar-refractivity contribution in [3.05, 3.63) is 0 Å². The first kappa shape index (κ1) is 107. The third kappa shape index (κ3) is 126. The molecular weight excluding hydrogens is 1120 g/mol. The van der Waals surface area contributed by atoms with Gasteiger partial charge in [0.2, 0.25) is 0 Å². The minimum absolute atomic E-state index is 0.506. The van der Waals surface area contributed by atoms with Crippen molar-refractivity contribution in [3.8, 4) is 0 Å². The molecule has 1 saturated carbocycles. The number of hydrogen-bond acceptors (Lipinski definition) is 2. The predicted octanol–water partition coefficient (Wildman–Crippen LogP) is 34.1. The molecule has 1 fully saturated rings. The van der Waals surface area contributed by atoms with E-state index in [0.717, 1.165) is 12.8 Å². The van der Waals surface area contributed by atoms with Crippen LogP contribution in [0.25, 0.3) is 0 Å². The van der Waals surface area contributed by atoms with Crippen molar-refractivity contribution in [1.29, 1.82) is 0 Å². The van der Waals surface area contributed by atoms with Gasteiger partial charge >= 0.3 is 11.9 Å². The largest absolute Gasteiger partial charge is 0.481 e. The first-order valence-corrected chi connectivity index (χ1v) is 43.4. The molecule has 0 aromatic heterocycles. The molecule has 0 aliphatic heterocycles. The van der Waals surface area contributed by atoms with E-state index in [-0.39, 0.29) is 0 Å². The lowest BCUT2D eigenvalue weighted by molar-refractivity contribution is -0.155. The lowest BCUT2D eigenvalue weighted by atomic mass is 9.79. The summed E-state index contributed by atoms with van der Waals surface area (Å²) >= 11 is 0. The second kappa shape index (κ2) is 114. The summed E-state index contributed by atoms with van der Waals surface area (Å²) in [5.74, 6) is -3.28. The fourth-order valence-electron chi connectivity index (χ4n) is 11.4. The second-order valence-electron chi connectivity index (χ2n) is 28.1. The minimum atomic E-state index is -0.970. The first-order valence-electron chi connectivity index (χ1n) is 43.4. The Labute approximate surface area is 587 Å². The maximum atomic E-state index is 10.6. The summed E-state index contributed by atoms with van der Waals surface area (Å²) in [6.45, 7) is 36.3. The van der Waals surface area contributed by atoms with Crippen LogP contribution in [0.5, 0.6) is 0 Å². The van der Waals surface area contributed by atoms with Crippen molar-refractivity contribution in [1.82, 2.24) is 0 Å². The highest BCUT2D eigenvalue weighted by atomic mass is 16.4. The maximum absolute atomic E-state index is 10.6. The summed E-state index contributed by atoms with van der Waals surface area (Å²) in [6.07, 6.45) is 94.4. The van der Waals surface area contributed by atoms with E-state index >= 15 is 0 Å². The van der Waals surface area contributed by atoms with Gasteiger partial charge in [0, 0.05) is 0 Å². The highest BCUT2D eigenvalue weighted by Crippen LogP contribution is 2.30. The number of carbonyl (C=O) groups is 2. The van der Waals surface area contributed by atoms with Crippen LogP contribution in [0.3, 0.4) is 0 Å². The number of aliphatic carboxylic acids is 2. The standard InChI is InChI=1S/8C10H22.C8H12O4/c8*1-3-5-7-9-10-8-6-4-2;9-7(10)5-3-1-2-4-6(5)8(11)12/h8*3-10H2,1-2H3;5-6H,1-4H2,(H,9,10)(H,11,12). The average Bonchev–Trinajstić information content (AvgIpc) is 1.18. The SMILES string of the molecule is CCCCCCCCCC.CCCCCCCCCC.CCCCCCCCCC.CCCCCCCCCC.CCCCCCCCCC.CCCCCCCCCC.CCCCCCCCCC.CCCCCCCCCC.O=C(O)C1CCCCC1C(=O)O. The molecule has 1 rings (SSSR count). The van der Waals surface area contributed by atoms with Crippen molar-refractivity contribution in [2.45, 2.75) is 547 Å². The average molecular weight is 1310 g/mol. The minimum Gasteiger partial charge on any atom is -0.481 e. The van der Waals surface area contributed by atoms with E-state index < -0.39 is 23.8 Å². The molecule has 0 spiro atoms. The Kier molecular flexibility index (Phi) is 133. The third-order valence-electron chi connectivity index (χ3n) is 18.1. The Balaban J connectivity index is -0.000000144. The first-order chi connectivity index (χ1) is 44.9. The monoisotopic (exact) mass is 1310 g/mol. The van der Waals surface area contributed by atoms with Gasteiger partial charge in [0.05, 0.1) is 11.8 Å². The van der Waals surface area contributed by atoms with Crippen molar-refractivity contribution in [2.75, 3.05) is 0 Å². The van der Waals surface area contributed by atoms with Crippen LogP contribution in [0.15, 0.2) is 0 Å². The molecule has 1 aliphatic carbocycles. The molecule has 0 saturated heterocycles. The van der Waals surface area contributed by atoms with E-state index in [1.165, 1.54) is 411 Å². The molecule has 0 aromatic carbocycles. The second-order valence-corrected chi connectivity index (χ2v) is 28.1. The van der Waals surface area contributed by atoms with Gasteiger partial charge in [-0.1, -0.05) is 535 Å². The Morgan fingerprint density at radius 2 is 0.250 bits per heavy atom. The van der Waals surface area contributed by atoms with Gasteiger partial charge in [0.25, 0.3) is 0 Å². The quantitative estimate of drug-likeness (QED) is 0.0595. The van der Waals surface area contributed by atoms with Gasteiger partial charge in [-0.25, -0.2) is 0 Å². The normalized spacial score (nSPS) is 12.7. The van der Waals surface area contributed by atoms with Crippen LogP contribution < -0.4 is 0 Å². The van der Waals surface area contributed by atoms with Crippen molar-refractivity contribution in [2.24, 2.45) is 11.8 Å². The van der Waals surface area contributed by atoms with Gasteiger partial charge in [0.1, 0.15) is 0 Å². The molecule has 564 valence electrons. The molecule has 2 atom stereocenters. The van der Waals surface area contributed by atoms with Crippen LogP contribution in [-0.4, -0.2) is 22.2 Å². The maximum Gasteiger partial charge on any atom is 0.307 e. The molecule has 4 nitrogen and oxygen atoms in total. The Bertz CT molecular complexity index is 843. The zero-order valence-electron chi connectivity index (χ0n) is 67.9. The van der Waals surface area contributed by atoms with E-state index in [1.807, 2.05) is 0 Å². The zero-order chi connectivity index (χ0) is 70.4. The van der Waals surface area contributed by atoms with Crippen molar-refractivity contribution >= 4 is 11.9 Å². The Hall–Kier alpha value is -1.06. The van der Waals surface area contributed by atoms with Crippen LogP contribution in [0, 0.1) is 11.8 Å². The van der Waals surface area contributed by atoms with Crippen LogP contribution in [-0.2, 0) is 9.59 Å². The summed E-state index contributed by atoms with van der Waals surface area (Å²) in [4.78, 5) is 21.2. The van der Waals surface area contributed by atoms with Gasteiger partial charge in [-0.2, -0.15) is 0 Å². The number of hydrogen-bond donors (Lipinski definition) is 2. The smallest absolute Gasteiger partial charge is 0.307 e. The predicted molar refractivity (Wildman–Crippen MR) is 427 cm³/mol.